The van der Waals surface area contributed by atoms with Crippen LogP contribution in [0, 0.1) is 26.2 Å². The molecule has 0 bridgehead atoms. The van der Waals surface area contributed by atoms with Crippen molar-refractivity contribution in [3.63, 3.8) is 0 Å². The third kappa shape index (κ3) is 3.66. The number of hydrogen-bond donors (Lipinski definition) is 0. The third-order valence-corrected chi connectivity index (χ3v) is 5.34. The van der Waals surface area contributed by atoms with Crippen molar-refractivity contribution in [1.82, 2.24) is 34.5 Å². The van der Waals surface area contributed by atoms with Gasteiger partial charge in [-0.25, -0.2) is 29.9 Å². The van der Waals surface area contributed by atoms with Crippen molar-refractivity contribution < 1.29 is 4.74 Å². The Morgan fingerprint density at radius 1 is 0.909 bits per heavy atom. The van der Waals surface area contributed by atoms with Crippen molar-refractivity contribution in [3.05, 3.63) is 72.5 Å². The highest BCUT2D eigenvalue weighted by atomic mass is 16.5. The van der Waals surface area contributed by atoms with E-state index in [1.807, 2.05) is 55.8 Å². The van der Waals surface area contributed by atoms with Crippen molar-refractivity contribution in [2.24, 2.45) is 7.05 Å². The summed E-state index contributed by atoms with van der Waals surface area (Å²) in [6, 6.07) is 9.89. The van der Waals surface area contributed by atoms with Crippen molar-refractivity contribution in [2.75, 3.05) is 0 Å². The second-order valence-electron chi connectivity index (χ2n) is 7.49. The fraction of sp³-hybridized carbons (Fsp3) is 0.120. The summed E-state index contributed by atoms with van der Waals surface area (Å²) in [5.74, 6) is 3.44. The topological polar surface area (TPSA) is 91.5 Å². The summed E-state index contributed by atoms with van der Waals surface area (Å²) in [4.78, 5) is 26.0. The van der Waals surface area contributed by atoms with Gasteiger partial charge in [0.2, 0.25) is 5.82 Å². The highest BCUT2D eigenvalue weighted by molar-refractivity contribution is 6.04. The summed E-state index contributed by atoms with van der Waals surface area (Å²) in [5.41, 5.74) is 6.26. The van der Waals surface area contributed by atoms with Crippen LogP contribution in [0.1, 0.15) is 17.2 Å². The first kappa shape index (κ1) is 20.3. The van der Waals surface area contributed by atoms with E-state index < -0.39 is 0 Å². The average Bonchev–Trinajstić information content (AvgIpc) is 3.13. The number of ether oxygens (including phenoxy) is 1. The molecule has 0 atom stereocenters. The van der Waals surface area contributed by atoms with Crippen molar-refractivity contribution >= 4 is 11.0 Å². The van der Waals surface area contributed by atoms with Crippen LogP contribution < -0.4 is 4.74 Å². The van der Waals surface area contributed by atoms with Crippen LogP contribution in [-0.2, 0) is 7.05 Å². The first-order valence-electron chi connectivity index (χ1n) is 10.2. The molecule has 0 aliphatic carbocycles. The predicted molar refractivity (Wildman–Crippen MR) is 124 cm³/mol. The molecule has 33 heavy (non-hydrogen) atoms. The summed E-state index contributed by atoms with van der Waals surface area (Å²) in [6.45, 7) is 3.87. The molecule has 8 nitrogen and oxygen atoms in total. The molecule has 0 aliphatic heterocycles. The maximum absolute atomic E-state index is 5.82. The van der Waals surface area contributed by atoms with E-state index in [-0.39, 0.29) is 0 Å². The SMILES string of the molecule is C#Cc1ncc(-c2c(-c3ccc(Oc4nccc(C)n4)cc3)c3c(C)ncnc3n2C)cn1. The number of fused-ring (bicyclic) bond motifs is 1. The Morgan fingerprint density at radius 2 is 1.67 bits per heavy atom. The molecule has 8 heteroatoms. The van der Waals surface area contributed by atoms with E-state index in [0.29, 0.717) is 17.6 Å². The van der Waals surface area contributed by atoms with E-state index in [1.165, 1.54) is 0 Å². The molecule has 5 aromatic rings. The maximum Gasteiger partial charge on any atom is 0.322 e. The number of aryl methyl sites for hydroxylation is 3. The molecule has 0 saturated heterocycles. The highest BCUT2D eigenvalue weighted by Crippen LogP contribution is 2.40. The molecular weight excluding hydrogens is 414 g/mol. The highest BCUT2D eigenvalue weighted by Gasteiger charge is 2.21. The number of aromatic nitrogens is 7. The fourth-order valence-corrected chi connectivity index (χ4v) is 3.81. The maximum atomic E-state index is 5.82. The molecule has 0 unspecified atom stereocenters. The van der Waals surface area contributed by atoms with Crippen LogP contribution in [0.15, 0.2) is 55.2 Å². The van der Waals surface area contributed by atoms with Crippen LogP contribution in [0.3, 0.4) is 0 Å². The molecule has 0 radical (unpaired) electrons. The molecule has 5 rings (SSSR count). The summed E-state index contributed by atoms with van der Waals surface area (Å²) in [5, 5.41) is 0.965. The first-order chi connectivity index (χ1) is 16.0. The van der Waals surface area contributed by atoms with Gasteiger partial charge in [-0.3, -0.25) is 0 Å². The lowest BCUT2D eigenvalue weighted by molar-refractivity contribution is 0.440. The lowest BCUT2D eigenvalue weighted by Crippen LogP contribution is -1.97. The summed E-state index contributed by atoms with van der Waals surface area (Å²) >= 11 is 0. The van der Waals surface area contributed by atoms with Gasteiger partial charge in [-0.05, 0) is 43.5 Å². The van der Waals surface area contributed by atoms with Crippen LogP contribution in [-0.4, -0.2) is 34.5 Å². The van der Waals surface area contributed by atoms with E-state index in [0.717, 1.165) is 44.8 Å². The molecular formula is C25H19N7O. The van der Waals surface area contributed by atoms with Crippen LogP contribution in [0.4, 0.5) is 0 Å². The van der Waals surface area contributed by atoms with Crippen LogP contribution in [0.2, 0.25) is 0 Å². The normalized spacial score (nSPS) is 10.8. The Kier molecular flexibility index (Phi) is 4.99. The van der Waals surface area contributed by atoms with E-state index in [4.69, 9.17) is 11.2 Å². The molecule has 0 saturated carbocycles. The van der Waals surface area contributed by atoms with E-state index in [9.17, 15) is 0 Å². The zero-order valence-corrected chi connectivity index (χ0v) is 18.3. The quantitative estimate of drug-likeness (QED) is 0.391. The molecule has 0 spiro atoms. The first-order valence-corrected chi connectivity index (χ1v) is 10.2. The van der Waals surface area contributed by atoms with Gasteiger partial charge in [0.05, 0.1) is 11.4 Å². The van der Waals surface area contributed by atoms with E-state index in [2.05, 4.69) is 35.8 Å². The number of terminal acetylenes is 1. The minimum Gasteiger partial charge on any atom is -0.424 e. The van der Waals surface area contributed by atoms with Gasteiger partial charge < -0.3 is 9.30 Å². The third-order valence-electron chi connectivity index (χ3n) is 5.34. The molecule has 0 fully saturated rings. The van der Waals surface area contributed by atoms with Gasteiger partial charge in [0.15, 0.2) is 0 Å². The van der Waals surface area contributed by atoms with Gasteiger partial charge >= 0.3 is 6.01 Å². The average molecular weight is 433 g/mol. The Balaban J connectivity index is 1.64. The molecule has 0 amide bonds. The van der Waals surface area contributed by atoms with E-state index >= 15 is 0 Å². The summed E-state index contributed by atoms with van der Waals surface area (Å²) in [6.07, 6.45) is 12.1. The number of nitrogens with zero attached hydrogens (tertiary/aromatic N) is 7. The van der Waals surface area contributed by atoms with Gasteiger partial charge in [-0.15, -0.1) is 6.42 Å². The Bertz CT molecular complexity index is 1510. The lowest BCUT2D eigenvalue weighted by Gasteiger charge is -2.09. The molecule has 0 N–H and O–H groups in total. The molecule has 4 aromatic heterocycles. The van der Waals surface area contributed by atoms with Gasteiger partial charge in [-0.1, -0.05) is 12.1 Å². The minimum absolute atomic E-state index is 0.309. The van der Waals surface area contributed by atoms with Gasteiger partial charge in [-0.2, -0.15) is 0 Å². The summed E-state index contributed by atoms with van der Waals surface area (Å²) in [7, 11) is 1.97. The number of rotatable bonds is 4. The van der Waals surface area contributed by atoms with Crippen molar-refractivity contribution in [2.45, 2.75) is 13.8 Å². The Hall–Kier alpha value is -4.64. The Morgan fingerprint density at radius 3 is 2.36 bits per heavy atom. The van der Waals surface area contributed by atoms with Gasteiger partial charge in [0.1, 0.15) is 17.7 Å². The largest absolute Gasteiger partial charge is 0.424 e. The number of benzene rings is 1. The smallest absolute Gasteiger partial charge is 0.322 e. The van der Waals surface area contributed by atoms with Crippen molar-refractivity contribution in [1.29, 1.82) is 0 Å². The lowest BCUT2D eigenvalue weighted by atomic mass is 9.99. The minimum atomic E-state index is 0.309. The molecule has 4 heterocycles. The number of hydrogen-bond acceptors (Lipinski definition) is 7. The molecule has 1 aromatic carbocycles. The second-order valence-corrected chi connectivity index (χ2v) is 7.49. The van der Waals surface area contributed by atoms with Crippen LogP contribution >= 0.6 is 0 Å². The van der Waals surface area contributed by atoms with Gasteiger partial charge in [0.25, 0.3) is 0 Å². The van der Waals surface area contributed by atoms with Crippen LogP contribution in [0.25, 0.3) is 33.4 Å². The fourth-order valence-electron chi connectivity index (χ4n) is 3.81. The monoisotopic (exact) mass is 433 g/mol. The second kappa shape index (κ2) is 8.13. The summed E-state index contributed by atoms with van der Waals surface area (Å²) < 4.78 is 7.84. The zero-order chi connectivity index (χ0) is 22.9. The molecule has 0 aliphatic rings. The standard InChI is InChI=1S/C25H19N7O/c1-5-20-27-12-18(13-28-20)23-22(21-16(3)29-14-30-24(21)32(23)4)17-6-8-19(9-7-17)33-25-26-11-10-15(2)31-25/h1,6-14H,2-4H3. The predicted octanol–water partition coefficient (Wildman–Crippen LogP) is 4.27. The van der Waals surface area contributed by atoms with E-state index in [1.54, 1.807) is 24.9 Å². The van der Waals surface area contributed by atoms with Gasteiger partial charge in [0, 0.05) is 47.8 Å². The van der Waals surface area contributed by atoms with Crippen molar-refractivity contribution in [3.8, 4) is 46.5 Å². The molecule has 160 valence electrons. The van der Waals surface area contributed by atoms with Crippen LogP contribution in [0.5, 0.6) is 11.8 Å². The zero-order valence-electron chi connectivity index (χ0n) is 18.3. The Labute approximate surface area is 190 Å².